The van der Waals surface area contributed by atoms with Gasteiger partial charge >= 0.3 is 5.51 Å². The molecule has 0 aliphatic rings. The zero-order chi connectivity index (χ0) is 10.9. The third kappa shape index (κ3) is 3.51. The largest absolute Gasteiger partial charge is 0.498 e. The Morgan fingerprint density at radius 3 is 1.69 bits per heavy atom. The van der Waals surface area contributed by atoms with Gasteiger partial charge in [-0.3, -0.25) is 0 Å². The molecular weight excluding hydrogens is 233 g/mol. The summed E-state index contributed by atoms with van der Waals surface area (Å²) in [5, 5.41) is -1.88. The molecule has 0 heterocycles. The summed E-state index contributed by atoms with van der Waals surface area (Å²) < 4.78 is 76.8. The monoisotopic (exact) mass is 240 g/mol. The minimum atomic E-state index is -5.56. The van der Waals surface area contributed by atoms with Crippen LogP contribution in [0.3, 0.4) is 0 Å². The van der Waals surface area contributed by atoms with Crippen molar-refractivity contribution in [2.75, 3.05) is 10.8 Å². The van der Waals surface area contributed by atoms with Crippen LogP contribution in [0.4, 0.5) is 13.2 Å². The summed E-state index contributed by atoms with van der Waals surface area (Å²) in [4.78, 5) is 0. The Bertz CT molecular complexity index is 363. The minimum Gasteiger partial charge on any atom is -0.228 e. The average molecular weight is 240 g/mol. The van der Waals surface area contributed by atoms with Gasteiger partial charge in [-0.05, 0) is 0 Å². The van der Waals surface area contributed by atoms with Gasteiger partial charge in [0.2, 0.25) is 0 Å². The molecule has 0 aromatic carbocycles. The predicted molar refractivity (Wildman–Crippen MR) is 39.3 cm³/mol. The number of rotatable bonds is 3. The maximum absolute atomic E-state index is 11.6. The molecule has 0 N–H and O–H groups in total. The highest BCUT2D eigenvalue weighted by molar-refractivity contribution is 8.08. The SMILES string of the molecule is CCS(=O)(=O)CS(=O)(=O)C(F)(F)F. The molecule has 0 aliphatic heterocycles. The Labute approximate surface area is 73.6 Å². The second-order valence-corrected chi connectivity index (χ2v) is 6.91. The molecule has 80 valence electrons. The molecule has 0 fully saturated rings. The topological polar surface area (TPSA) is 68.3 Å². The van der Waals surface area contributed by atoms with Crippen molar-refractivity contribution in [3.05, 3.63) is 0 Å². The van der Waals surface area contributed by atoms with Gasteiger partial charge in [0.1, 0.15) is 0 Å². The van der Waals surface area contributed by atoms with Crippen molar-refractivity contribution in [1.82, 2.24) is 0 Å². The number of sulfone groups is 2. The molecule has 0 aliphatic carbocycles. The number of alkyl halides is 3. The van der Waals surface area contributed by atoms with Crippen LogP contribution in [-0.2, 0) is 19.7 Å². The van der Waals surface area contributed by atoms with Gasteiger partial charge in [0.15, 0.2) is 14.9 Å². The van der Waals surface area contributed by atoms with Crippen LogP contribution < -0.4 is 0 Å². The van der Waals surface area contributed by atoms with Crippen molar-refractivity contribution in [3.63, 3.8) is 0 Å². The number of halogens is 3. The Kier molecular flexibility index (Phi) is 3.36. The zero-order valence-corrected chi connectivity index (χ0v) is 8.13. The smallest absolute Gasteiger partial charge is 0.228 e. The number of hydrogen-bond donors (Lipinski definition) is 0. The van der Waals surface area contributed by atoms with Gasteiger partial charge in [0, 0.05) is 5.75 Å². The van der Waals surface area contributed by atoms with Crippen LogP contribution in [0.2, 0.25) is 0 Å². The molecule has 0 amide bonds. The van der Waals surface area contributed by atoms with Crippen molar-refractivity contribution in [2.45, 2.75) is 12.4 Å². The molecule has 0 saturated heterocycles. The molecule has 13 heavy (non-hydrogen) atoms. The first-order chi connectivity index (χ1) is 5.52. The van der Waals surface area contributed by atoms with Crippen molar-refractivity contribution in [3.8, 4) is 0 Å². The van der Waals surface area contributed by atoms with E-state index in [4.69, 9.17) is 0 Å². The highest BCUT2D eigenvalue weighted by Crippen LogP contribution is 2.24. The van der Waals surface area contributed by atoms with E-state index in [9.17, 15) is 30.0 Å². The van der Waals surface area contributed by atoms with Gasteiger partial charge in [0.05, 0.1) is 0 Å². The molecule has 0 unspecified atom stereocenters. The lowest BCUT2D eigenvalue weighted by molar-refractivity contribution is -0.0431. The number of hydrogen-bond acceptors (Lipinski definition) is 4. The molecule has 0 aromatic rings. The van der Waals surface area contributed by atoms with Crippen LogP contribution in [0, 0.1) is 0 Å². The van der Waals surface area contributed by atoms with E-state index in [1.807, 2.05) is 0 Å². The summed E-state index contributed by atoms with van der Waals surface area (Å²) in [6.07, 6.45) is 0. The summed E-state index contributed by atoms with van der Waals surface area (Å²) in [6.45, 7) is 1.07. The minimum absolute atomic E-state index is 0.637. The Hall–Kier alpha value is -0.310. The Balaban J connectivity index is 4.97. The lowest BCUT2D eigenvalue weighted by Gasteiger charge is -2.06. The molecule has 9 heteroatoms. The summed E-state index contributed by atoms with van der Waals surface area (Å²) in [5.41, 5.74) is -5.50. The highest BCUT2D eigenvalue weighted by atomic mass is 32.3. The van der Waals surface area contributed by atoms with Crippen molar-refractivity contribution < 1.29 is 30.0 Å². The predicted octanol–water partition coefficient (Wildman–Crippen LogP) is 0.313. The molecule has 0 radical (unpaired) electrons. The lowest BCUT2D eigenvalue weighted by atomic mass is 11.0. The highest BCUT2D eigenvalue weighted by Gasteiger charge is 2.47. The second-order valence-electron chi connectivity index (χ2n) is 2.21. The zero-order valence-electron chi connectivity index (χ0n) is 6.50. The van der Waals surface area contributed by atoms with E-state index < -0.39 is 36.0 Å². The van der Waals surface area contributed by atoms with Crippen LogP contribution in [-0.4, -0.2) is 33.2 Å². The van der Waals surface area contributed by atoms with Crippen LogP contribution in [0.1, 0.15) is 6.92 Å². The molecule has 0 atom stereocenters. The maximum atomic E-state index is 11.6. The molecule has 0 aromatic heterocycles. The fraction of sp³-hybridized carbons (Fsp3) is 1.00. The lowest BCUT2D eigenvalue weighted by Crippen LogP contribution is -2.30. The molecule has 0 spiro atoms. The van der Waals surface area contributed by atoms with Crippen molar-refractivity contribution in [1.29, 1.82) is 0 Å². The van der Waals surface area contributed by atoms with Crippen molar-refractivity contribution >= 4 is 19.7 Å². The quantitative estimate of drug-likeness (QED) is 0.712. The summed E-state index contributed by atoms with van der Waals surface area (Å²) >= 11 is 0. The summed E-state index contributed by atoms with van der Waals surface area (Å²) in [6, 6.07) is 0. The van der Waals surface area contributed by atoms with Crippen LogP contribution in [0.25, 0.3) is 0 Å². The first-order valence-electron chi connectivity index (χ1n) is 3.01. The van der Waals surface area contributed by atoms with Gasteiger partial charge in [0.25, 0.3) is 9.84 Å². The molecule has 0 rings (SSSR count). The van der Waals surface area contributed by atoms with Crippen LogP contribution in [0.5, 0.6) is 0 Å². The third-order valence-corrected chi connectivity index (χ3v) is 5.39. The molecular formula is C4H7F3O4S2. The Morgan fingerprint density at radius 1 is 1.08 bits per heavy atom. The van der Waals surface area contributed by atoms with Gasteiger partial charge in [-0.15, -0.1) is 0 Å². The Morgan fingerprint density at radius 2 is 1.46 bits per heavy atom. The van der Waals surface area contributed by atoms with E-state index in [0.717, 1.165) is 6.92 Å². The van der Waals surface area contributed by atoms with Gasteiger partial charge in [-0.1, -0.05) is 6.92 Å². The standard InChI is InChI=1S/C4H7F3O4S2/c1-2-12(8,9)3-13(10,11)4(5,6)7/h2-3H2,1H3. The fourth-order valence-electron chi connectivity index (χ4n) is 0.387. The molecule has 0 saturated carbocycles. The fourth-order valence-corrected chi connectivity index (χ4v) is 3.48. The van der Waals surface area contributed by atoms with E-state index >= 15 is 0 Å². The molecule has 0 bridgehead atoms. The van der Waals surface area contributed by atoms with Gasteiger partial charge < -0.3 is 0 Å². The second kappa shape index (κ2) is 3.45. The molecule has 4 nitrogen and oxygen atoms in total. The first kappa shape index (κ1) is 12.7. The van der Waals surface area contributed by atoms with Gasteiger partial charge in [-0.2, -0.15) is 13.2 Å². The van der Waals surface area contributed by atoms with Gasteiger partial charge in [-0.25, -0.2) is 16.8 Å². The van der Waals surface area contributed by atoms with E-state index in [1.54, 1.807) is 0 Å². The van der Waals surface area contributed by atoms with Crippen LogP contribution in [0.15, 0.2) is 0 Å². The van der Waals surface area contributed by atoms with E-state index in [0.29, 0.717) is 0 Å². The average Bonchev–Trinajstić information content (AvgIpc) is 1.83. The van der Waals surface area contributed by atoms with E-state index in [-0.39, 0.29) is 0 Å². The summed E-state index contributed by atoms with van der Waals surface area (Å²) in [7, 11) is -9.72. The summed E-state index contributed by atoms with van der Waals surface area (Å²) in [5.74, 6) is -0.637. The first-order valence-corrected chi connectivity index (χ1v) is 6.48. The third-order valence-electron chi connectivity index (χ3n) is 1.13. The van der Waals surface area contributed by atoms with E-state index in [2.05, 4.69) is 0 Å². The maximum Gasteiger partial charge on any atom is 0.498 e. The van der Waals surface area contributed by atoms with Crippen molar-refractivity contribution in [2.24, 2.45) is 0 Å². The van der Waals surface area contributed by atoms with E-state index in [1.165, 1.54) is 0 Å². The normalized spacial score (nSPS) is 14.5. The van der Waals surface area contributed by atoms with Crippen LogP contribution >= 0.6 is 0 Å².